The van der Waals surface area contributed by atoms with E-state index in [0.717, 1.165) is 27.9 Å². The molecule has 0 aliphatic heterocycles. The average molecular weight is 375 g/mol. The molecule has 0 spiro atoms. The fourth-order valence-corrected chi connectivity index (χ4v) is 3.21. The quantitative estimate of drug-likeness (QED) is 0.496. The monoisotopic (exact) mass is 375 g/mol. The first-order valence-corrected chi connectivity index (χ1v) is 9.03. The van der Waals surface area contributed by atoms with Gasteiger partial charge in [0.15, 0.2) is 0 Å². The highest BCUT2D eigenvalue weighted by Gasteiger charge is 2.15. The van der Waals surface area contributed by atoms with Gasteiger partial charge in [-0.05, 0) is 60.9 Å². The first kappa shape index (κ1) is 17.9. The van der Waals surface area contributed by atoms with E-state index < -0.39 is 0 Å². The van der Waals surface area contributed by atoms with Crippen LogP contribution in [-0.4, -0.2) is 20.9 Å². The number of pyridine rings is 2. The second-order valence-electron chi connectivity index (χ2n) is 6.40. The molecule has 5 nitrogen and oxygen atoms in total. The molecule has 0 unspecified atom stereocenters. The molecule has 0 saturated heterocycles. The Morgan fingerprint density at radius 2 is 2.04 bits per heavy atom. The zero-order chi connectivity index (χ0) is 19.3. The number of carbonyl (C=O) groups excluding carboxylic acids is 1. The number of hydrogen-bond acceptors (Lipinski definition) is 4. The number of nitrogens with one attached hydrogen (secondary N) is 1. The van der Waals surface area contributed by atoms with Crippen LogP contribution in [0.3, 0.4) is 0 Å². The van der Waals surface area contributed by atoms with E-state index in [2.05, 4.69) is 15.0 Å². The second kappa shape index (κ2) is 8.00. The number of fused-ring (bicyclic) bond motifs is 1. The smallest absolute Gasteiger partial charge is 0.311 e. The van der Waals surface area contributed by atoms with E-state index in [4.69, 9.17) is 4.74 Å². The van der Waals surface area contributed by atoms with Gasteiger partial charge in [0.2, 0.25) is 0 Å². The SMILES string of the molecule is O=C(CCCc1c(-c2ccccn2)[nH]c2ccc(F)cc12)Oc1cccnc1. The highest BCUT2D eigenvalue weighted by atomic mass is 19.1. The second-order valence-corrected chi connectivity index (χ2v) is 6.40. The van der Waals surface area contributed by atoms with Crippen LogP contribution >= 0.6 is 0 Å². The van der Waals surface area contributed by atoms with Crippen molar-refractivity contribution in [2.75, 3.05) is 0 Å². The molecule has 0 aliphatic carbocycles. The predicted octanol–water partition coefficient (Wildman–Crippen LogP) is 4.69. The molecule has 28 heavy (non-hydrogen) atoms. The van der Waals surface area contributed by atoms with Crippen molar-refractivity contribution in [2.24, 2.45) is 0 Å². The maximum absolute atomic E-state index is 13.8. The Morgan fingerprint density at radius 1 is 1.11 bits per heavy atom. The van der Waals surface area contributed by atoms with Crippen molar-refractivity contribution in [2.45, 2.75) is 19.3 Å². The Morgan fingerprint density at radius 3 is 2.82 bits per heavy atom. The van der Waals surface area contributed by atoms with Crippen LogP contribution in [0.25, 0.3) is 22.3 Å². The molecule has 1 N–H and O–H groups in total. The highest BCUT2D eigenvalue weighted by Crippen LogP contribution is 2.31. The molecule has 0 radical (unpaired) electrons. The molecule has 4 rings (SSSR count). The van der Waals surface area contributed by atoms with Gasteiger partial charge >= 0.3 is 5.97 Å². The Hall–Kier alpha value is -3.54. The normalized spacial score (nSPS) is 10.9. The molecule has 0 aliphatic rings. The molecule has 0 fully saturated rings. The van der Waals surface area contributed by atoms with Crippen LogP contribution < -0.4 is 4.74 Å². The van der Waals surface area contributed by atoms with Crippen molar-refractivity contribution in [1.82, 2.24) is 15.0 Å². The lowest BCUT2D eigenvalue weighted by molar-refractivity contribution is -0.134. The van der Waals surface area contributed by atoms with E-state index in [1.54, 1.807) is 30.6 Å². The lowest BCUT2D eigenvalue weighted by atomic mass is 10.0. The first-order chi connectivity index (χ1) is 13.7. The minimum Gasteiger partial charge on any atom is -0.425 e. The molecule has 3 heterocycles. The molecular weight excluding hydrogens is 357 g/mol. The van der Waals surface area contributed by atoms with Crippen LogP contribution in [-0.2, 0) is 11.2 Å². The van der Waals surface area contributed by atoms with Crippen molar-refractivity contribution in [1.29, 1.82) is 0 Å². The maximum Gasteiger partial charge on any atom is 0.311 e. The topological polar surface area (TPSA) is 67.9 Å². The van der Waals surface area contributed by atoms with Crippen LogP contribution in [0.4, 0.5) is 4.39 Å². The van der Waals surface area contributed by atoms with Gasteiger partial charge in [-0.2, -0.15) is 0 Å². The van der Waals surface area contributed by atoms with Crippen LogP contribution in [0.15, 0.2) is 67.1 Å². The maximum atomic E-state index is 13.8. The number of esters is 1. The van der Waals surface area contributed by atoms with E-state index in [1.807, 2.05) is 18.2 Å². The molecule has 0 saturated carbocycles. The zero-order valence-electron chi connectivity index (χ0n) is 15.1. The summed E-state index contributed by atoms with van der Waals surface area (Å²) < 4.78 is 19.1. The largest absolute Gasteiger partial charge is 0.425 e. The number of benzene rings is 1. The Kier molecular flexibility index (Phi) is 5.10. The summed E-state index contributed by atoms with van der Waals surface area (Å²) in [5.41, 5.74) is 3.42. The van der Waals surface area contributed by atoms with Crippen molar-refractivity contribution < 1.29 is 13.9 Å². The Bertz CT molecular complexity index is 1090. The van der Waals surface area contributed by atoms with Gasteiger partial charge in [-0.25, -0.2) is 4.39 Å². The molecule has 140 valence electrons. The summed E-state index contributed by atoms with van der Waals surface area (Å²) in [4.78, 5) is 23.7. The zero-order valence-corrected chi connectivity index (χ0v) is 15.1. The van der Waals surface area contributed by atoms with Crippen molar-refractivity contribution >= 4 is 16.9 Å². The van der Waals surface area contributed by atoms with Crippen LogP contribution in [0.2, 0.25) is 0 Å². The summed E-state index contributed by atoms with van der Waals surface area (Å²) in [6, 6.07) is 13.7. The summed E-state index contributed by atoms with van der Waals surface area (Å²) in [6.45, 7) is 0. The summed E-state index contributed by atoms with van der Waals surface area (Å²) >= 11 is 0. The minimum absolute atomic E-state index is 0.249. The highest BCUT2D eigenvalue weighted by molar-refractivity contribution is 5.90. The van der Waals surface area contributed by atoms with E-state index in [1.165, 1.54) is 18.3 Å². The molecular formula is C22H18FN3O2. The summed E-state index contributed by atoms with van der Waals surface area (Å²) in [6.07, 6.45) is 6.25. The van der Waals surface area contributed by atoms with Crippen LogP contribution in [0.5, 0.6) is 5.75 Å². The molecule has 0 bridgehead atoms. The number of carbonyl (C=O) groups is 1. The van der Waals surface area contributed by atoms with E-state index in [9.17, 15) is 9.18 Å². The van der Waals surface area contributed by atoms with E-state index in [-0.39, 0.29) is 18.2 Å². The Balaban J connectivity index is 1.54. The number of aromatic nitrogens is 3. The number of aryl methyl sites for hydroxylation is 1. The van der Waals surface area contributed by atoms with Gasteiger partial charge in [0, 0.05) is 29.7 Å². The molecule has 3 aromatic heterocycles. The standard InChI is InChI=1S/C22H18FN3O2/c23-15-9-10-19-18(13-15)17(22(26-19)20-7-1-2-12-25-20)6-3-8-21(27)28-16-5-4-11-24-14-16/h1-2,4-5,7,9-14,26H,3,6,8H2. The lowest BCUT2D eigenvalue weighted by Gasteiger charge is -2.06. The van der Waals surface area contributed by atoms with Gasteiger partial charge in [0.25, 0.3) is 0 Å². The van der Waals surface area contributed by atoms with Crippen molar-refractivity contribution in [3.05, 3.63) is 78.5 Å². The number of nitrogens with zero attached hydrogens (tertiary/aromatic N) is 2. The van der Waals surface area contributed by atoms with Gasteiger partial charge in [0.05, 0.1) is 17.6 Å². The first-order valence-electron chi connectivity index (χ1n) is 9.03. The third kappa shape index (κ3) is 3.91. The van der Waals surface area contributed by atoms with Gasteiger partial charge in [0.1, 0.15) is 11.6 Å². The number of rotatable bonds is 6. The molecule has 4 aromatic rings. The average Bonchev–Trinajstić information content (AvgIpc) is 3.07. The summed E-state index contributed by atoms with van der Waals surface area (Å²) in [5, 5.41) is 0.807. The van der Waals surface area contributed by atoms with Crippen molar-refractivity contribution in [3.8, 4) is 17.1 Å². The summed E-state index contributed by atoms with van der Waals surface area (Å²) in [5.74, 6) is -0.189. The Labute approximate surface area is 161 Å². The van der Waals surface area contributed by atoms with Crippen molar-refractivity contribution in [3.63, 3.8) is 0 Å². The van der Waals surface area contributed by atoms with Gasteiger partial charge in [-0.3, -0.25) is 14.8 Å². The van der Waals surface area contributed by atoms with Gasteiger partial charge in [-0.15, -0.1) is 0 Å². The lowest BCUT2D eigenvalue weighted by Crippen LogP contribution is -2.08. The third-order valence-electron chi connectivity index (χ3n) is 4.46. The number of hydrogen-bond donors (Lipinski definition) is 1. The van der Waals surface area contributed by atoms with Crippen LogP contribution in [0.1, 0.15) is 18.4 Å². The summed E-state index contributed by atoms with van der Waals surface area (Å²) in [7, 11) is 0. The van der Waals surface area contributed by atoms with Gasteiger partial charge in [-0.1, -0.05) is 6.07 Å². The van der Waals surface area contributed by atoms with E-state index in [0.29, 0.717) is 18.6 Å². The molecule has 1 aromatic carbocycles. The predicted molar refractivity (Wildman–Crippen MR) is 104 cm³/mol. The van der Waals surface area contributed by atoms with E-state index >= 15 is 0 Å². The fraction of sp³-hybridized carbons (Fsp3) is 0.136. The number of halogens is 1. The molecule has 0 atom stereocenters. The molecule has 0 amide bonds. The number of aromatic amines is 1. The molecule has 6 heteroatoms. The minimum atomic E-state index is -0.321. The third-order valence-corrected chi connectivity index (χ3v) is 4.46. The van der Waals surface area contributed by atoms with Crippen LogP contribution in [0, 0.1) is 5.82 Å². The number of ether oxygens (including phenoxy) is 1. The van der Waals surface area contributed by atoms with Gasteiger partial charge < -0.3 is 9.72 Å². The number of H-pyrrole nitrogens is 1. The fourth-order valence-electron chi connectivity index (χ4n) is 3.21.